The molecule has 0 aliphatic heterocycles. The molecule has 0 saturated carbocycles. The van der Waals surface area contributed by atoms with Gasteiger partial charge in [-0.1, -0.05) is 11.6 Å². The van der Waals surface area contributed by atoms with Gasteiger partial charge in [0.25, 0.3) is 11.6 Å². The predicted molar refractivity (Wildman–Crippen MR) is 95.9 cm³/mol. The number of carbonyl (C=O) groups excluding carboxylic acids is 2. The summed E-state index contributed by atoms with van der Waals surface area (Å²) in [6.45, 7) is 0. The maximum atomic E-state index is 12.8. The van der Waals surface area contributed by atoms with Gasteiger partial charge in [-0.3, -0.25) is 30.6 Å². The lowest BCUT2D eigenvalue weighted by molar-refractivity contribution is -0.384. The van der Waals surface area contributed by atoms with Crippen molar-refractivity contribution in [2.75, 3.05) is 5.75 Å². The molecule has 0 unspecified atom stereocenters. The molecule has 2 aromatic carbocycles. The van der Waals surface area contributed by atoms with Gasteiger partial charge < -0.3 is 0 Å². The number of hydrazine groups is 1. The summed E-state index contributed by atoms with van der Waals surface area (Å²) in [5, 5.41) is 10.1. The minimum atomic E-state index is -4.62. The Balaban J connectivity index is 1.87. The summed E-state index contributed by atoms with van der Waals surface area (Å²) in [6.07, 6.45) is -4.62. The van der Waals surface area contributed by atoms with Crippen LogP contribution in [0.2, 0.25) is 5.02 Å². The van der Waals surface area contributed by atoms with Gasteiger partial charge in [-0.05, 0) is 30.3 Å². The molecule has 0 saturated heterocycles. The van der Waals surface area contributed by atoms with Crippen molar-refractivity contribution < 1.29 is 27.7 Å². The van der Waals surface area contributed by atoms with Crippen LogP contribution in [0, 0.1) is 10.1 Å². The Morgan fingerprint density at radius 2 is 1.75 bits per heavy atom. The molecule has 0 bridgehead atoms. The van der Waals surface area contributed by atoms with Gasteiger partial charge in [-0.2, -0.15) is 13.2 Å². The Hall–Kier alpha value is -2.79. The number of nitro benzene ring substituents is 1. The maximum Gasteiger partial charge on any atom is 0.417 e. The van der Waals surface area contributed by atoms with Crippen LogP contribution in [0.5, 0.6) is 0 Å². The van der Waals surface area contributed by atoms with Crippen molar-refractivity contribution in [3.63, 3.8) is 0 Å². The summed E-state index contributed by atoms with van der Waals surface area (Å²) in [7, 11) is 0. The van der Waals surface area contributed by atoms with Crippen LogP contribution >= 0.6 is 23.4 Å². The van der Waals surface area contributed by atoms with Gasteiger partial charge in [-0.25, -0.2) is 0 Å². The number of nitrogens with one attached hydrogen (secondary N) is 2. The lowest BCUT2D eigenvalue weighted by Crippen LogP contribution is -2.42. The molecule has 2 rings (SSSR count). The minimum Gasteiger partial charge on any atom is -0.272 e. The SMILES string of the molecule is O=C(CSc1ccc(Cl)c(C(F)(F)F)c1)NNC(=O)c1ccc([N+](=O)[O-])cc1. The Bertz CT molecular complexity index is 907. The quantitative estimate of drug-likeness (QED) is 0.424. The molecular weight excluding hydrogens is 423 g/mol. The van der Waals surface area contributed by atoms with Crippen molar-refractivity contribution in [1.29, 1.82) is 0 Å². The molecule has 12 heteroatoms. The second-order valence-electron chi connectivity index (χ2n) is 5.23. The highest BCUT2D eigenvalue weighted by atomic mass is 35.5. The van der Waals surface area contributed by atoms with Crippen LogP contribution < -0.4 is 10.9 Å². The lowest BCUT2D eigenvalue weighted by Gasteiger charge is -2.11. The molecule has 0 aromatic heterocycles. The van der Waals surface area contributed by atoms with Crippen molar-refractivity contribution in [3.8, 4) is 0 Å². The monoisotopic (exact) mass is 433 g/mol. The fourth-order valence-corrected chi connectivity index (χ4v) is 2.89. The highest BCUT2D eigenvalue weighted by Crippen LogP contribution is 2.36. The summed E-state index contributed by atoms with van der Waals surface area (Å²) < 4.78 is 38.4. The molecule has 0 heterocycles. The van der Waals surface area contributed by atoms with Crippen LogP contribution in [0.3, 0.4) is 0 Å². The predicted octanol–water partition coefficient (Wildman–Crippen LogP) is 3.82. The number of nitro groups is 1. The molecule has 0 atom stereocenters. The van der Waals surface area contributed by atoms with Crippen molar-refractivity contribution in [1.82, 2.24) is 10.9 Å². The second-order valence-corrected chi connectivity index (χ2v) is 6.69. The molecule has 0 spiro atoms. The van der Waals surface area contributed by atoms with Gasteiger partial charge in [0.2, 0.25) is 5.91 Å². The zero-order valence-electron chi connectivity index (χ0n) is 13.7. The van der Waals surface area contributed by atoms with Crippen LogP contribution in [0.1, 0.15) is 15.9 Å². The molecular formula is C16H11ClF3N3O4S. The number of non-ortho nitro benzene ring substituents is 1. The number of nitrogens with zero attached hydrogens (tertiary/aromatic N) is 1. The molecule has 2 N–H and O–H groups in total. The maximum absolute atomic E-state index is 12.8. The van der Waals surface area contributed by atoms with Gasteiger partial charge in [0, 0.05) is 22.6 Å². The number of hydrogen-bond donors (Lipinski definition) is 2. The van der Waals surface area contributed by atoms with Crippen molar-refractivity contribution >= 4 is 40.9 Å². The van der Waals surface area contributed by atoms with Gasteiger partial charge in [0.05, 0.1) is 21.3 Å². The summed E-state index contributed by atoms with van der Waals surface area (Å²) in [6, 6.07) is 7.93. The Kier molecular flexibility index (Phi) is 6.86. The highest BCUT2D eigenvalue weighted by molar-refractivity contribution is 8.00. The van der Waals surface area contributed by atoms with E-state index in [1.165, 1.54) is 18.2 Å². The molecule has 2 aromatic rings. The summed E-state index contributed by atoms with van der Waals surface area (Å²) >= 11 is 6.34. The first-order chi connectivity index (χ1) is 13.1. The standard InChI is InChI=1S/C16H11ClF3N3O4S/c17-13-6-5-11(7-12(13)16(18,19)20)28-8-14(24)21-22-15(25)9-1-3-10(4-2-9)23(26)27/h1-7H,8H2,(H,21,24)(H,22,25). The molecule has 148 valence electrons. The molecule has 0 aliphatic carbocycles. The van der Waals surface area contributed by atoms with E-state index < -0.39 is 33.5 Å². The van der Waals surface area contributed by atoms with E-state index in [0.717, 1.165) is 36.0 Å². The Morgan fingerprint density at radius 3 is 2.32 bits per heavy atom. The average Bonchev–Trinajstić information content (AvgIpc) is 2.64. The van der Waals surface area contributed by atoms with E-state index in [1.54, 1.807) is 0 Å². The Morgan fingerprint density at radius 1 is 1.11 bits per heavy atom. The van der Waals surface area contributed by atoms with Crippen molar-refractivity contribution in [3.05, 3.63) is 68.7 Å². The molecule has 0 radical (unpaired) electrons. The molecule has 0 aliphatic rings. The summed E-state index contributed by atoms with van der Waals surface area (Å²) in [5.74, 6) is -1.64. The summed E-state index contributed by atoms with van der Waals surface area (Å²) in [5.41, 5.74) is 3.08. The number of alkyl halides is 3. The van der Waals surface area contributed by atoms with E-state index in [0.29, 0.717) is 0 Å². The zero-order valence-corrected chi connectivity index (χ0v) is 15.3. The van der Waals surface area contributed by atoms with Gasteiger partial charge in [0.1, 0.15) is 0 Å². The third-order valence-electron chi connectivity index (χ3n) is 3.27. The number of amides is 2. The second kappa shape index (κ2) is 8.93. The fraction of sp³-hybridized carbons (Fsp3) is 0.125. The zero-order chi connectivity index (χ0) is 20.9. The number of halogens is 4. The number of carbonyl (C=O) groups is 2. The summed E-state index contributed by atoms with van der Waals surface area (Å²) in [4.78, 5) is 33.7. The van der Waals surface area contributed by atoms with Crippen molar-refractivity contribution in [2.24, 2.45) is 0 Å². The highest BCUT2D eigenvalue weighted by Gasteiger charge is 2.33. The first-order valence-corrected chi connectivity index (χ1v) is 8.77. The number of hydrogen-bond acceptors (Lipinski definition) is 5. The van der Waals surface area contributed by atoms with E-state index in [1.807, 2.05) is 0 Å². The number of thioether (sulfide) groups is 1. The number of rotatable bonds is 5. The fourth-order valence-electron chi connectivity index (χ4n) is 1.93. The third-order valence-corrected chi connectivity index (χ3v) is 4.59. The molecule has 28 heavy (non-hydrogen) atoms. The molecule has 2 amide bonds. The van der Waals surface area contributed by atoms with Crippen molar-refractivity contribution in [2.45, 2.75) is 11.1 Å². The normalized spacial score (nSPS) is 11.0. The minimum absolute atomic E-state index is 0.0751. The topological polar surface area (TPSA) is 101 Å². The van der Waals surface area contributed by atoms with E-state index in [9.17, 15) is 32.9 Å². The van der Waals surface area contributed by atoms with Crippen LogP contribution in [-0.2, 0) is 11.0 Å². The largest absolute Gasteiger partial charge is 0.417 e. The molecule has 0 fully saturated rings. The lowest BCUT2D eigenvalue weighted by atomic mass is 10.2. The van der Waals surface area contributed by atoms with Gasteiger partial charge >= 0.3 is 6.18 Å². The smallest absolute Gasteiger partial charge is 0.272 e. The van der Waals surface area contributed by atoms with E-state index in [4.69, 9.17) is 11.6 Å². The van der Waals surface area contributed by atoms with Crippen LogP contribution in [0.15, 0.2) is 47.4 Å². The average molecular weight is 434 g/mol. The van der Waals surface area contributed by atoms with Crippen LogP contribution in [0.4, 0.5) is 18.9 Å². The van der Waals surface area contributed by atoms with Gasteiger partial charge in [-0.15, -0.1) is 11.8 Å². The first kappa shape index (κ1) is 21.5. The number of benzene rings is 2. The third kappa shape index (κ3) is 5.86. The molecule has 7 nitrogen and oxygen atoms in total. The van der Waals surface area contributed by atoms with Crippen LogP contribution in [0.25, 0.3) is 0 Å². The van der Waals surface area contributed by atoms with E-state index in [2.05, 4.69) is 10.9 Å². The first-order valence-electron chi connectivity index (χ1n) is 7.41. The van der Waals surface area contributed by atoms with E-state index >= 15 is 0 Å². The van der Waals surface area contributed by atoms with E-state index in [-0.39, 0.29) is 21.9 Å². The Labute approximate surface area is 165 Å². The van der Waals surface area contributed by atoms with Crippen LogP contribution in [-0.4, -0.2) is 22.5 Å². The van der Waals surface area contributed by atoms with Gasteiger partial charge in [0.15, 0.2) is 0 Å².